The smallest absolute Gasteiger partial charge is 0.326 e. The van der Waals surface area contributed by atoms with E-state index < -0.39 is 17.7 Å². The minimum atomic E-state index is -0.516. The van der Waals surface area contributed by atoms with Crippen molar-refractivity contribution in [1.82, 2.24) is 0 Å². The fraction of sp³-hybridized carbons (Fsp3) is 0.158. The summed E-state index contributed by atoms with van der Waals surface area (Å²) in [6.07, 6.45) is 1.44. The summed E-state index contributed by atoms with van der Waals surface area (Å²) < 4.78 is 24.0. The summed E-state index contributed by atoms with van der Waals surface area (Å²) >= 11 is 0. The third kappa shape index (κ3) is 3.68. The summed E-state index contributed by atoms with van der Waals surface area (Å²) in [5.74, 6) is -0.974. The van der Waals surface area contributed by atoms with Gasteiger partial charge in [0.25, 0.3) is 5.91 Å². The van der Waals surface area contributed by atoms with Crippen LogP contribution in [0, 0.1) is 5.82 Å². The Kier molecular flexibility index (Phi) is 4.79. The molecule has 0 saturated carbocycles. The molecule has 0 bridgehead atoms. The molecule has 0 aromatic heterocycles. The topological polar surface area (TPSA) is 55.8 Å². The molecule has 128 valence electrons. The Morgan fingerprint density at radius 3 is 2.80 bits per heavy atom. The van der Waals surface area contributed by atoms with E-state index in [1.54, 1.807) is 43.3 Å². The lowest BCUT2D eigenvalue weighted by atomic mass is 10.1. The van der Waals surface area contributed by atoms with E-state index in [1.165, 1.54) is 23.1 Å². The van der Waals surface area contributed by atoms with Crippen molar-refractivity contribution in [2.45, 2.75) is 6.92 Å². The maximum absolute atomic E-state index is 13.4. The van der Waals surface area contributed by atoms with Crippen molar-refractivity contribution in [3.05, 3.63) is 65.7 Å². The molecule has 0 radical (unpaired) electrons. The van der Waals surface area contributed by atoms with Gasteiger partial charge in [0.05, 0.1) is 12.3 Å². The second kappa shape index (κ2) is 7.17. The summed E-state index contributed by atoms with van der Waals surface area (Å²) in [5, 5.41) is 0. The lowest BCUT2D eigenvalue weighted by Crippen LogP contribution is -2.41. The maximum atomic E-state index is 13.4. The molecular weight excluding hydrogens is 325 g/mol. The molecule has 0 unspecified atom stereocenters. The van der Waals surface area contributed by atoms with Crippen LogP contribution in [0.5, 0.6) is 5.75 Å². The minimum absolute atomic E-state index is 0.00796. The van der Waals surface area contributed by atoms with Gasteiger partial charge in [-0.05, 0) is 42.8 Å². The predicted octanol–water partition coefficient (Wildman–Crippen LogP) is 3.16. The van der Waals surface area contributed by atoms with Crippen molar-refractivity contribution in [3.8, 4) is 5.75 Å². The van der Waals surface area contributed by atoms with Gasteiger partial charge in [-0.3, -0.25) is 14.5 Å². The Balaban J connectivity index is 1.97. The average molecular weight is 341 g/mol. The molecule has 2 aromatic carbocycles. The number of esters is 1. The number of hydrogen-bond acceptors (Lipinski definition) is 4. The average Bonchev–Trinajstić information content (AvgIpc) is 2.59. The summed E-state index contributed by atoms with van der Waals surface area (Å²) in [6, 6.07) is 12.7. The van der Waals surface area contributed by atoms with Crippen LogP contribution in [0.2, 0.25) is 0 Å². The van der Waals surface area contributed by atoms with Gasteiger partial charge in [-0.15, -0.1) is 0 Å². The number of amides is 1. The number of halogens is 1. The second-order valence-electron chi connectivity index (χ2n) is 5.33. The van der Waals surface area contributed by atoms with Crippen LogP contribution in [0.3, 0.4) is 0 Å². The van der Waals surface area contributed by atoms with Gasteiger partial charge < -0.3 is 9.47 Å². The molecule has 1 heterocycles. The highest BCUT2D eigenvalue weighted by molar-refractivity contribution is 6.11. The highest BCUT2D eigenvalue weighted by Gasteiger charge is 2.31. The first-order chi connectivity index (χ1) is 12.1. The number of ether oxygens (including phenoxy) is 2. The number of anilines is 1. The largest absolute Gasteiger partial charge is 0.465 e. The summed E-state index contributed by atoms with van der Waals surface area (Å²) in [6.45, 7) is 1.70. The van der Waals surface area contributed by atoms with E-state index in [-0.39, 0.29) is 18.9 Å². The number of carbonyl (C=O) groups excluding carboxylic acids is 2. The number of rotatable bonds is 4. The maximum Gasteiger partial charge on any atom is 0.326 e. The molecule has 1 amide bonds. The fourth-order valence-corrected chi connectivity index (χ4v) is 2.50. The van der Waals surface area contributed by atoms with Crippen molar-refractivity contribution in [2.75, 3.05) is 18.1 Å². The number of benzene rings is 2. The zero-order valence-electron chi connectivity index (χ0n) is 13.6. The predicted molar refractivity (Wildman–Crippen MR) is 90.4 cm³/mol. The molecule has 0 atom stereocenters. The Morgan fingerprint density at radius 1 is 1.24 bits per heavy atom. The second-order valence-corrected chi connectivity index (χ2v) is 5.33. The van der Waals surface area contributed by atoms with Crippen molar-refractivity contribution in [1.29, 1.82) is 0 Å². The first-order valence-electron chi connectivity index (χ1n) is 7.80. The molecule has 1 aliphatic heterocycles. The molecule has 2 aromatic rings. The van der Waals surface area contributed by atoms with Gasteiger partial charge in [0, 0.05) is 0 Å². The molecule has 0 saturated heterocycles. The highest BCUT2D eigenvalue weighted by atomic mass is 19.1. The zero-order chi connectivity index (χ0) is 17.8. The van der Waals surface area contributed by atoms with Gasteiger partial charge in [-0.25, -0.2) is 4.39 Å². The van der Waals surface area contributed by atoms with Crippen LogP contribution in [0.25, 0.3) is 6.08 Å². The van der Waals surface area contributed by atoms with Gasteiger partial charge in [0.1, 0.15) is 12.4 Å². The first kappa shape index (κ1) is 16.7. The molecule has 25 heavy (non-hydrogen) atoms. The lowest BCUT2D eigenvalue weighted by Gasteiger charge is -2.29. The number of carbonyl (C=O) groups is 2. The summed E-state index contributed by atoms with van der Waals surface area (Å²) in [5.41, 5.74) is 0.968. The Hall–Kier alpha value is -3.15. The lowest BCUT2D eigenvalue weighted by molar-refractivity contribution is -0.142. The van der Waals surface area contributed by atoms with E-state index in [1.807, 2.05) is 0 Å². The Labute approximate surface area is 144 Å². The molecule has 0 spiro atoms. The quantitative estimate of drug-likeness (QED) is 0.633. The molecule has 5 nitrogen and oxygen atoms in total. The third-order valence-corrected chi connectivity index (χ3v) is 3.57. The number of fused-ring (bicyclic) bond motifs is 1. The highest BCUT2D eigenvalue weighted by Crippen LogP contribution is 2.35. The van der Waals surface area contributed by atoms with Gasteiger partial charge in [0.2, 0.25) is 0 Å². The SMILES string of the molecule is CCOC(=O)CN1C(=O)C(=Cc2cccc(F)c2)Oc2ccccc21. The fourth-order valence-electron chi connectivity index (χ4n) is 2.50. The number of hydrogen-bond donors (Lipinski definition) is 0. The minimum Gasteiger partial charge on any atom is -0.465 e. The van der Waals surface area contributed by atoms with E-state index in [0.717, 1.165) is 0 Å². The zero-order valence-corrected chi connectivity index (χ0v) is 13.6. The van der Waals surface area contributed by atoms with E-state index in [0.29, 0.717) is 17.0 Å². The van der Waals surface area contributed by atoms with E-state index >= 15 is 0 Å². The van der Waals surface area contributed by atoms with Crippen LogP contribution >= 0.6 is 0 Å². The van der Waals surface area contributed by atoms with Crippen LogP contribution in [0.1, 0.15) is 12.5 Å². The molecule has 0 fully saturated rings. The van der Waals surface area contributed by atoms with Gasteiger partial charge >= 0.3 is 5.97 Å². The Bertz CT molecular complexity index is 847. The van der Waals surface area contributed by atoms with Crippen molar-refractivity contribution in [2.24, 2.45) is 0 Å². The molecular formula is C19H16FNO4. The van der Waals surface area contributed by atoms with E-state index in [2.05, 4.69) is 0 Å². The monoisotopic (exact) mass is 341 g/mol. The van der Waals surface area contributed by atoms with Gasteiger partial charge in [0.15, 0.2) is 11.5 Å². The van der Waals surface area contributed by atoms with Crippen LogP contribution < -0.4 is 9.64 Å². The van der Waals surface area contributed by atoms with Crippen molar-refractivity contribution in [3.63, 3.8) is 0 Å². The van der Waals surface area contributed by atoms with Gasteiger partial charge in [-0.2, -0.15) is 0 Å². The first-order valence-corrected chi connectivity index (χ1v) is 7.80. The van der Waals surface area contributed by atoms with Crippen LogP contribution in [0.15, 0.2) is 54.3 Å². The normalized spacial score (nSPS) is 14.9. The molecule has 0 aliphatic carbocycles. The summed E-state index contributed by atoms with van der Waals surface area (Å²) in [7, 11) is 0. The van der Waals surface area contributed by atoms with Crippen LogP contribution in [0.4, 0.5) is 10.1 Å². The van der Waals surface area contributed by atoms with Gasteiger partial charge in [-0.1, -0.05) is 24.3 Å². The molecule has 6 heteroatoms. The molecule has 1 aliphatic rings. The standard InChI is InChI=1S/C19H16FNO4/c1-2-24-18(22)12-21-15-8-3-4-9-16(15)25-17(19(21)23)11-13-6-5-7-14(20)10-13/h3-11H,2,12H2,1H3. The van der Waals surface area contributed by atoms with Crippen molar-refractivity contribution >= 4 is 23.6 Å². The molecule has 3 rings (SSSR count). The molecule has 0 N–H and O–H groups in total. The summed E-state index contributed by atoms with van der Waals surface area (Å²) in [4.78, 5) is 25.9. The van der Waals surface area contributed by atoms with E-state index in [9.17, 15) is 14.0 Å². The van der Waals surface area contributed by atoms with E-state index in [4.69, 9.17) is 9.47 Å². The third-order valence-electron chi connectivity index (χ3n) is 3.57. The van der Waals surface area contributed by atoms with Crippen LogP contribution in [-0.2, 0) is 14.3 Å². The van der Waals surface area contributed by atoms with Crippen molar-refractivity contribution < 1.29 is 23.5 Å². The Morgan fingerprint density at radius 2 is 2.04 bits per heavy atom. The number of nitrogens with zero attached hydrogens (tertiary/aromatic N) is 1. The number of para-hydroxylation sites is 2. The van der Waals surface area contributed by atoms with Crippen LogP contribution in [-0.4, -0.2) is 25.0 Å².